The molecule has 7 rings (SSSR count). The number of hydrogen-bond acceptors (Lipinski definition) is 6. The molecule has 9 heteroatoms. The first-order valence-electron chi connectivity index (χ1n) is 15.4. The SMILES string of the molecule is O=C1CC2(CCCC2)CC2=C1C(/C=C/c1ccc(-c3cccc(F)c3)cn1)c1c(C(=O)NCC3CCCOC3)n[nH]c1N2. The third-order valence-corrected chi connectivity index (χ3v) is 9.50. The van der Waals surface area contributed by atoms with Gasteiger partial charge in [-0.05, 0) is 73.3 Å². The van der Waals surface area contributed by atoms with Gasteiger partial charge in [0.15, 0.2) is 11.5 Å². The Morgan fingerprint density at radius 1 is 1.14 bits per heavy atom. The topological polar surface area (TPSA) is 109 Å². The summed E-state index contributed by atoms with van der Waals surface area (Å²) in [5, 5.41) is 14.0. The molecule has 3 aromatic rings. The van der Waals surface area contributed by atoms with Gasteiger partial charge in [0.25, 0.3) is 5.91 Å². The number of ketones is 1. The van der Waals surface area contributed by atoms with Crippen molar-refractivity contribution in [3.63, 3.8) is 0 Å². The van der Waals surface area contributed by atoms with Crippen molar-refractivity contribution in [1.82, 2.24) is 20.5 Å². The van der Waals surface area contributed by atoms with Crippen LogP contribution >= 0.6 is 0 Å². The second-order valence-electron chi connectivity index (χ2n) is 12.5. The summed E-state index contributed by atoms with van der Waals surface area (Å²) >= 11 is 0. The number of benzene rings is 1. The molecule has 8 nitrogen and oxygen atoms in total. The van der Waals surface area contributed by atoms with Gasteiger partial charge in [0.1, 0.15) is 11.6 Å². The molecule has 1 aromatic carbocycles. The number of H-pyrrole nitrogens is 1. The second kappa shape index (κ2) is 11.5. The highest BCUT2D eigenvalue weighted by Gasteiger charge is 2.46. The van der Waals surface area contributed by atoms with Crippen LogP contribution < -0.4 is 10.6 Å². The number of carbonyl (C=O) groups excluding carboxylic acids is 2. The minimum Gasteiger partial charge on any atom is -0.381 e. The van der Waals surface area contributed by atoms with Crippen molar-refractivity contribution in [2.24, 2.45) is 11.3 Å². The summed E-state index contributed by atoms with van der Waals surface area (Å²) in [4.78, 5) is 31.9. The highest BCUT2D eigenvalue weighted by Crippen LogP contribution is 2.53. The van der Waals surface area contributed by atoms with Crippen LogP contribution in [0.1, 0.15) is 79.0 Å². The molecular weight excluding hydrogens is 545 g/mol. The van der Waals surface area contributed by atoms with Crippen molar-refractivity contribution in [2.75, 3.05) is 25.1 Å². The van der Waals surface area contributed by atoms with Gasteiger partial charge >= 0.3 is 0 Å². The number of allylic oxidation sites excluding steroid dienone is 3. The first-order chi connectivity index (χ1) is 21.0. The largest absolute Gasteiger partial charge is 0.381 e. The van der Waals surface area contributed by atoms with Crippen LogP contribution in [-0.4, -0.2) is 46.6 Å². The third-order valence-electron chi connectivity index (χ3n) is 9.50. The smallest absolute Gasteiger partial charge is 0.272 e. The van der Waals surface area contributed by atoms with Crippen LogP contribution in [0, 0.1) is 17.2 Å². The number of aromatic amines is 1. The fraction of sp³-hybridized carbons (Fsp3) is 0.412. The molecule has 2 aliphatic heterocycles. The fourth-order valence-electron chi connectivity index (χ4n) is 7.32. The van der Waals surface area contributed by atoms with Crippen LogP contribution in [0.15, 0.2) is 59.9 Å². The van der Waals surface area contributed by atoms with Crippen molar-refractivity contribution in [1.29, 1.82) is 0 Å². The van der Waals surface area contributed by atoms with Crippen molar-refractivity contribution in [3.8, 4) is 11.1 Å². The van der Waals surface area contributed by atoms with Crippen molar-refractivity contribution < 1.29 is 18.7 Å². The van der Waals surface area contributed by atoms with Gasteiger partial charge in [-0.2, -0.15) is 5.10 Å². The van der Waals surface area contributed by atoms with E-state index in [0.29, 0.717) is 47.9 Å². The number of hydrogen-bond donors (Lipinski definition) is 3. The van der Waals surface area contributed by atoms with Crippen molar-refractivity contribution in [3.05, 3.63) is 82.7 Å². The Bertz CT molecular complexity index is 1600. The number of amides is 1. The van der Waals surface area contributed by atoms with E-state index in [4.69, 9.17) is 4.74 Å². The van der Waals surface area contributed by atoms with Gasteiger partial charge in [-0.25, -0.2) is 4.39 Å². The van der Waals surface area contributed by atoms with Crippen LogP contribution in [-0.2, 0) is 9.53 Å². The first-order valence-corrected chi connectivity index (χ1v) is 15.4. The molecule has 3 N–H and O–H groups in total. The van der Waals surface area contributed by atoms with Crippen molar-refractivity contribution in [2.45, 2.75) is 57.3 Å². The lowest BCUT2D eigenvalue weighted by molar-refractivity contribution is -0.118. The summed E-state index contributed by atoms with van der Waals surface area (Å²) in [5.74, 6) is 0.0737. The summed E-state index contributed by atoms with van der Waals surface area (Å²) in [7, 11) is 0. The Balaban J connectivity index is 1.20. The van der Waals surface area contributed by atoms with Crippen LogP contribution in [0.4, 0.5) is 10.2 Å². The van der Waals surface area contributed by atoms with Gasteiger partial charge in [-0.1, -0.05) is 37.1 Å². The van der Waals surface area contributed by atoms with E-state index >= 15 is 0 Å². The first kappa shape index (κ1) is 27.7. The molecule has 1 amide bonds. The Hall–Kier alpha value is -4.11. The number of anilines is 1. The van der Waals surface area contributed by atoms with Gasteiger partial charge < -0.3 is 15.4 Å². The highest BCUT2D eigenvalue weighted by molar-refractivity contribution is 6.03. The molecule has 2 fully saturated rings. The number of fused-ring (bicyclic) bond motifs is 1. The lowest BCUT2D eigenvalue weighted by atomic mass is 9.67. The van der Waals surface area contributed by atoms with E-state index in [1.165, 1.54) is 12.1 Å². The van der Waals surface area contributed by atoms with Gasteiger partial charge in [0, 0.05) is 54.1 Å². The Morgan fingerprint density at radius 2 is 2.02 bits per heavy atom. The number of ether oxygens (including phenoxy) is 1. The van der Waals surface area contributed by atoms with Gasteiger partial charge in [0.2, 0.25) is 0 Å². The maximum absolute atomic E-state index is 13.9. The molecule has 222 valence electrons. The minimum absolute atomic E-state index is 0.0191. The summed E-state index contributed by atoms with van der Waals surface area (Å²) in [6, 6.07) is 10.2. The van der Waals surface area contributed by atoms with Gasteiger partial charge in [-0.15, -0.1) is 0 Å². The van der Waals surface area contributed by atoms with Crippen LogP contribution in [0.25, 0.3) is 17.2 Å². The molecule has 1 saturated heterocycles. The molecular formula is C34H36FN5O3. The highest BCUT2D eigenvalue weighted by atomic mass is 19.1. The number of Topliss-reactive ketones (excluding diaryl/α,β-unsaturated/α-hetero) is 1. The number of halogens is 1. The maximum atomic E-state index is 13.9. The minimum atomic E-state index is -0.445. The lowest BCUT2D eigenvalue weighted by Gasteiger charge is -2.39. The summed E-state index contributed by atoms with van der Waals surface area (Å²) in [5.41, 5.74) is 4.91. The monoisotopic (exact) mass is 581 g/mol. The average Bonchev–Trinajstić information content (AvgIpc) is 3.66. The maximum Gasteiger partial charge on any atom is 0.272 e. The molecule has 1 spiro atoms. The third kappa shape index (κ3) is 5.54. The predicted molar refractivity (Wildman–Crippen MR) is 162 cm³/mol. The van der Waals surface area contributed by atoms with E-state index in [9.17, 15) is 14.0 Å². The van der Waals surface area contributed by atoms with E-state index in [0.717, 1.165) is 68.4 Å². The number of carbonyl (C=O) groups is 2. The number of pyridine rings is 1. The molecule has 2 unspecified atom stereocenters. The van der Waals surface area contributed by atoms with E-state index in [1.54, 1.807) is 12.3 Å². The predicted octanol–water partition coefficient (Wildman–Crippen LogP) is 6.17. The number of rotatable bonds is 6. The zero-order chi connectivity index (χ0) is 29.4. The Morgan fingerprint density at radius 3 is 2.79 bits per heavy atom. The summed E-state index contributed by atoms with van der Waals surface area (Å²) < 4.78 is 19.3. The van der Waals surface area contributed by atoms with Crippen LogP contribution in [0.2, 0.25) is 0 Å². The van der Waals surface area contributed by atoms with Crippen molar-refractivity contribution >= 4 is 23.6 Å². The quantitative estimate of drug-likeness (QED) is 0.321. The molecule has 2 aliphatic carbocycles. The van der Waals surface area contributed by atoms with Crippen LogP contribution in [0.5, 0.6) is 0 Å². The summed E-state index contributed by atoms with van der Waals surface area (Å²) in [6.45, 7) is 1.93. The summed E-state index contributed by atoms with van der Waals surface area (Å²) in [6.07, 6.45) is 13.4. The lowest BCUT2D eigenvalue weighted by Crippen LogP contribution is -2.36. The van der Waals surface area contributed by atoms with E-state index in [-0.39, 0.29) is 28.8 Å². The molecule has 1 saturated carbocycles. The zero-order valence-electron chi connectivity index (χ0n) is 24.1. The molecule has 4 aliphatic rings. The van der Waals surface area contributed by atoms with E-state index < -0.39 is 5.92 Å². The Labute approximate surface area is 250 Å². The Kier molecular flexibility index (Phi) is 7.43. The molecule has 0 bridgehead atoms. The van der Waals surface area contributed by atoms with Crippen LogP contribution in [0.3, 0.4) is 0 Å². The zero-order valence-corrected chi connectivity index (χ0v) is 24.1. The number of nitrogens with one attached hydrogen (secondary N) is 3. The van der Waals surface area contributed by atoms with E-state index in [1.807, 2.05) is 30.4 Å². The van der Waals surface area contributed by atoms with E-state index in [2.05, 4.69) is 25.8 Å². The molecule has 0 radical (unpaired) electrons. The number of aromatic nitrogens is 3. The normalized spacial score (nSPS) is 22.9. The standard InChI is InChI=1S/C34H36FN5O3/c35-24-7-3-6-22(15-24)23-8-9-25(36-19-23)10-11-26-29-27(16-34(17-28(29)41)12-1-2-13-34)38-32-30(26)31(39-40-32)33(42)37-18-21-5-4-14-43-20-21/h3,6-11,15,19,21,26H,1-2,4-5,12-14,16-18,20H2,(H,37,42)(H2,38,39,40)/b11-10+. The molecule has 2 atom stereocenters. The molecule has 4 heterocycles. The average molecular weight is 582 g/mol. The van der Waals surface area contributed by atoms with Gasteiger partial charge in [0.05, 0.1) is 12.3 Å². The van der Waals surface area contributed by atoms with Gasteiger partial charge in [-0.3, -0.25) is 19.7 Å². The second-order valence-corrected chi connectivity index (χ2v) is 12.5. The molecule has 2 aromatic heterocycles. The number of nitrogens with zero attached hydrogens (tertiary/aromatic N) is 2. The molecule has 43 heavy (non-hydrogen) atoms. The fourth-order valence-corrected chi connectivity index (χ4v) is 7.32.